The van der Waals surface area contributed by atoms with Crippen LogP contribution in [0.15, 0.2) is 18.2 Å². The highest BCUT2D eigenvalue weighted by molar-refractivity contribution is 9.09. The summed E-state index contributed by atoms with van der Waals surface area (Å²) < 4.78 is 19.4. The molecule has 1 rings (SSSR count). The number of benzene rings is 1. The third-order valence-corrected chi connectivity index (χ3v) is 3.10. The highest BCUT2D eigenvalue weighted by atomic mass is 79.9. The second-order valence-corrected chi connectivity index (χ2v) is 4.96. The Morgan fingerprint density at radius 1 is 1.50 bits per heavy atom. The molecule has 1 aromatic carbocycles. The quantitative estimate of drug-likeness (QED) is 0.685. The molecule has 0 saturated carbocycles. The molecular weight excluding hydrogens is 288 g/mol. The van der Waals surface area contributed by atoms with Crippen LogP contribution in [0.1, 0.15) is 11.1 Å². The maximum absolute atomic E-state index is 10.6. The lowest BCUT2D eigenvalue weighted by Gasteiger charge is -2.04. The van der Waals surface area contributed by atoms with E-state index in [1.807, 2.05) is 12.1 Å². The summed E-state index contributed by atoms with van der Waals surface area (Å²) in [6.07, 6.45) is 0.891. The van der Waals surface area contributed by atoms with E-state index in [4.69, 9.17) is 16.2 Å². The first-order valence-electron chi connectivity index (χ1n) is 4.04. The van der Waals surface area contributed by atoms with Gasteiger partial charge in [0, 0.05) is 10.4 Å². The van der Waals surface area contributed by atoms with E-state index in [0.29, 0.717) is 5.02 Å². The number of alkyl halides is 1. The van der Waals surface area contributed by atoms with E-state index >= 15 is 0 Å². The van der Waals surface area contributed by atoms with E-state index in [1.54, 1.807) is 6.07 Å². The summed E-state index contributed by atoms with van der Waals surface area (Å²) in [5.74, 6) is 0.0922. The van der Waals surface area contributed by atoms with Gasteiger partial charge in [-0.3, -0.25) is 0 Å². The summed E-state index contributed by atoms with van der Waals surface area (Å²) in [6.45, 7) is 0. The van der Waals surface area contributed by atoms with Crippen molar-refractivity contribution < 1.29 is 8.76 Å². The fraction of sp³-hybridized carbons (Fsp3) is 0.333. The maximum Gasteiger partial charge on any atom is 0.157 e. The molecule has 0 spiro atoms. The van der Waals surface area contributed by atoms with Crippen LogP contribution in [-0.2, 0) is 23.3 Å². The summed E-state index contributed by atoms with van der Waals surface area (Å²) in [6, 6.07) is 5.56. The molecule has 0 aliphatic rings. The third-order valence-electron chi connectivity index (χ3n) is 1.77. The third kappa shape index (κ3) is 3.69. The van der Waals surface area contributed by atoms with E-state index in [9.17, 15) is 4.21 Å². The molecule has 0 amide bonds. The zero-order chi connectivity index (χ0) is 10.6. The predicted molar refractivity (Wildman–Crippen MR) is 63.4 cm³/mol. The normalized spacial score (nSPS) is 12.8. The van der Waals surface area contributed by atoms with Crippen LogP contribution in [0.25, 0.3) is 0 Å². The lowest BCUT2D eigenvalue weighted by molar-refractivity contribution is 0.563. The number of rotatable bonds is 4. The Kier molecular flexibility index (Phi) is 5.09. The van der Waals surface area contributed by atoms with Crippen LogP contribution in [0, 0.1) is 0 Å². The molecule has 0 radical (unpaired) electrons. The zero-order valence-corrected chi connectivity index (χ0v) is 10.5. The number of hydrogen-bond donors (Lipinski definition) is 1. The number of halogens is 2. The van der Waals surface area contributed by atoms with E-state index in [2.05, 4.69) is 15.9 Å². The summed E-state index contributed by atoms with van der Waals surface area (Å²) in [4.78, 5) is 0. The first-order chi connectivity index (χ1) is 6.63. The second-order valence-electron chi connectivity index (χ2n) is 2.83. The molecule has 78 valence electrons. The van der Waals surface area contributed by atoms with Gasteiger partial charge < -0.3 is 4.55 Å². The molecule has 0 heterocycles. The van der Waals surface area contributed by atoms with E-state index in [1.165, 1.54) is 0 Å². The lowest BCUT2D eigenvalue weighted by atomic mass is 10.1. The van der Waals surface area contributed by atoms with E-state index in [0.717, 1.165) is 22.9 Å². The Labute approximate surface area is 99.1 Å². The lowest BCUT2D eigenvalue weighted by Crippen LogP contribution is -1.96. The van der Waals surface area contributed by atoms with E-state index in [-0.39, 0.29) is 5.75 Å². The molecule has 2 nitrogen and oxygen atoms in total. The van der Waals surface area contributed by atoms with Gasteiger partial charge in [-0.2, -0.15) is 0 Å². The Balaban J connectivity index is 2.90. The maximum atomic E-state index is 10.6. The van der Waals surface area contributed by atoms with Gasteiger partial charge in [0.25, 0.3) is 0 Å². The molecule has 1 atom stereocenters. The zero-order valence-electron chi connectivity index (χ0n) is 7.37. The number of hydrogen-bond acceptors (Lipinski definition) is 1. The van der Waals surface area contributed by atoms with Crippen molar-refractivity contribution in [1.82, 2.24) is 0 Å². The predicted octanol–water partition coefficient (Wildman–Crippen LogP) is 3.00. The minimum absolute atomic E-state index is 0.0922. The molecule has 0 aromatic heterocycles. The van der Waals surface area contributed by atoms with Crippen LogP contribution in [0.2, 0.25) is 5.02 Å². The summed E-state index contributed by atoms with van der Waals surface area (Å²) in [7, 11) is 0. The van der Waals surface area contributed by atoms with Crippen LogP contribution < -0.4 is 0 Å². The largest absolute Gasteiger partial charge is 0.306 e. The van der Waals surface area contributed by atoms with Crippen molar-refractivity contribution in [2.24, 2.45) is 0 Å². The summed E-state index contributed by atoms with van der Waals surface area (Å²) >= 11 is 7.39. The fourth-order valence-corrected chi connectivity index (χ4v) is 2.36. The molecule has 14 heavy (non-hydrogen) atoms. The van der Waals surface area contributed by atoms with Crippen LogP contribution >= 0.6 is 27.5 Å². The van der Waals surface area contributed by atoms with Gasteiger partial charge in [-0.15, -0.1) is 0 Å². The van der Waals surface area contributed by atoms with Gasteiger partial charge >= 0.3 is 0 Å². The number of aryl methyl sites for hydroxylation is 1. The summed E-state index contributed by atoms with van der Waals surface area (Å²) in [5.41, 5.74) is 1.85. The Morgan fingerprint density at radius 3 is 2.79 bits per heavy atom. The van der Waals surface area contributed by atoms with Crippen molar-refractivity contribution in [2.75, 3.05) is 5.33 Å². The monoisotopic (exact) mass is 296 g/mol. The smallest absolute Gasteiger partial charge is 0.157 e. The average molecular weight is 298 g/mol. The van der Waals surface area contributed by atoms with Gasteiger partial charge in [0.05, 0.1) is 5.75 Å². The van der Waals surface area contributed by atoms with Crippen LogP contribution in [0.5, 0.6) is 0 Å². The van der Waals surface area contributed by atoms with Gasteiger partial charge in [0.1, 0.15) is 0 Å². The molecule has 0 aliphatic heterocycles. The van der Waals surface area contributed by atoms with Crippen LogP contribution in [-0.4, -0.2) is 14.1 Å². The van der Waals surface area contributed by atoms with Crippen LogP contribution in [0.4, 0.5) is 0 Å². The molecule has 5 heteroatoms. The van der Waals surface area contributed by atoms with Crippen LogP contribution in [0.3, 0.4) is 0 Å². The second kappa shape index (κ2) is 5.85. The Hall–Kier alpha value is 0.1000. The van der Waals surface area contributed by atoms with Gasteiger partial charge in [-0.05, 0) is 23.6 Å². The minimum atomic E-state index is -1.84. The summed E-state index contributed by atoms with van der Waals surface area (Å²) in [5, 5.41) is 1.42. The van der Waals surface area contributed by atoms with Crippen molar-refractivity contribution in [3.63, 3.8) is 0 Å². The highest BCUT2D eigenvalue weighted by Gasteiger charge is 2.04. The first kappa shape index (κ1) is 12.2. The topological polar surface area (TPSA) is 37.3 Å². The molecule has 1 unspecified atom stereocenters. The van der Waals surface area contributed by atoms with Crippen molar-refractivity contribution in [3.05, 3.63) is 34.3 Å². The minimum Gasteiger partial charge on any atom is -0.306 e. The molecule has 0 bridgehead atoms. The van der Waals surface area contributed by atoms with Crippen molar-refractivity contribution in [1.29, 1.82) is 0 Å². The first-order valence-corrected chi connectivity index (χ1v) is 6.81. The fourth-order valence-electron chi connectivity index (χ4n) is 1.14. The Morgan fingerprint density at radius 2 is 2.21 bits per heavy atom. The van der Waals surface area contributed by atoms with Gasteiger partial charge in [0.2, 0.25) is 0 Å². The van der Waals surface area contributed by atoms with Gasteiger partial charge in [0.15, 0.2) is 11.1 Å². The van der Waals surface area contributed by atoms with Crippen molar-refractivity contribution >= 4 is 38.6 Å². The van der Waals surface area contributed by atoms with Gasteiger partial charge in [-0.25, -0.2) is 4.21 Å². The molecule has 1 N–H and O–H groups in total. The van der Waals surface area contributed by atoms with Crippen molar-refractivity contribution in [3.8, 4) is 0 Å². The van der Waals surface area contributed by atoms with Gasteiger partial charge in [-0.1, -0.05) is 39.7 Å². The molecule has 0 aliphatic carbocycles. The molecule has 0 saturated heterocycles. The Bertz CT molecular complexity index is 344. The SMILES string of the molecule is O=S(O)Cc1cc(CCBr)ccc1Cl. The van der Waals surface area contributed by atoms with E-state index < -0.39 is 11.1 Å². The standard InChI is InChI=1S/C9H10BrClO2S/c10-4-3-7-1-2-9(11)8(5-7)6-14(12)13/h1-2,5H,3-4,6H2,(H,12,13). The molecule has 0 fully saturated rings. The molecule has 1 aromatic rings. The average Bonchev–Trinajstić information content (AvgIpc) is 2.10. The highest BCUT2D eigenvalue weighted by Crippen LogP contribution is 2.19. The van der Waals surface area contributed by atoms with Crippen molar-refractivity contribution in [2.45, 2.75) is 12.2 Å². The molecular formula is C9H10BrClO2S.